The van der Waals surface area contributed by atoms with Crippen molar-refractivity contribution < 1.29 is 14.0 Å². The summed E-state index contributed by atoms with van der Waals surface area (Å²) in [6.45, 7) is 1.61. The van der Waals surface area contributed by atoms with Crippen molar-refractivity contribution in [3.8, 4) is 0 Å². The van der Waals surface area contributed by atoms with Crippen molar-refractivity contribution in [1.29, 1.82) is 0 Å². The van der Waals surface area contributed by atoms with Gasteiger partial charge in [0.15, 0.2) is 0 Å². The van der Waals surface area contributed by atoms with Gasteiger partial charge < -0.3 is 9.80 Å². The molecule has 2 heterocycles. The molecule has 4 nitrogen and oxygen atoms in total. The summed E-state index contributed by atoms with van der Waals surface area (Å²) in [6.07, 6.45) is 1.71. The standard InChI is InChI=1S/C21H21FN2O2/c22-18-9-8-16-12-24(13-17(16)11-18)20(25)14-23-10-4-7-19(21(23)26)15-5-2-1-3-6-15/h1-3,5-6,8-9,11,19H,4,7,10,12-14H2/t19-/m0/s1. The minimum absolute atomic E-state index is 0.0264. The third-order valence-corrected chi connectivity index (χ3v) is 5.30. The molecular formula is C21H21FN2O2. The number of carbonyl (C=O) groups is 2. The third-order valence-electron chi connectivity index (χ3n) is 5.30. The fraction of sp³-hybridized carbons (Fsp3) is 0.333. The molecule has 2 amide bonds. The fourth-order valence-corrected chi connectivity index (χ4v) is 3.89. The summed E-state index contributed by atoms with van der Waals surface area (Å²) < 4.78 is 13.4. The Labute approximate surface area is 152 Å². The number of likely N-dealkylation sites (tertiary alicyclic amines) is 1. The van der Waals surface area contributed by atoms with Gasteiger partial charge in [0.2, 0.25) is 11.8 Å². The zero-order valence-electron chi connectivity index (χ0n) is 14.5. The lowest BCUT2D eigenvalue weighted by Gasteiger charge is -2.33. The Morgan fingerprint density at radius 2 is 1.85 bits per heavy atom. The van der Waals surface area contributed by atoms with Crippen molar-refractivity contribution >= 4 is 11.8 Å². The molecule has 2 aromatic carbocycles. The Balaban J connectivity index is 1.42. The van der Waals surface area contributed by atoms with E-state index in [1.54, 1.807) is 15.9 Å². The molecule has 5 heteroatoms. The minimum atomic E-state index is -0.282. The van der Waals surface area contributed by atoms with Gasteiger partial charge in [-0.25, -0.2) is 4.39 Å². The summed E-state index contributed by atoms with van der Waals surface area (Å²) in [6, 6.07) is 14.4. The molecule has 0 N–H and O–H groups in total. The monoisotopic (exact) mass is 352 g/mol. The van der Waals surface area contributed by atoms with Crippen LogP contribution in [0.25, 0.3) is 0 Å². The molecule has 0 saturated carbocycles. The molecule has 4 rings (SSSR count). The predicted octanol–water partition coefficient (Wildman–Crippen LogP) is 3.07. The van der Waals surface area contributed by atoms with Gasteiger partial charge in [-0.05, 0) is 41.7 Å². The molecule has 2 aliphatic rings. The summed E-state index contributed by atoms with van der Waals surface area (Å²) in [4.78, 5) is 28.9. The smallest absolute Gasteiger partial charge is 0.242 e. The average Bonchev–Trinajstić information content (AvgIpc) is 3.07. The first kappa shape index (κ1) is 16.8. The Bertz CT molecular complexity index is 837. The Morgan fingerprint density at radius 3 is 2.65 bits per heavy atom. The van der Waals surface area contributed by atoms with Gasteiger partial charge in [-0.2, -0.15) is 0 Å². The van der Waals surface area contributed by atoms with Crippen LogP contribution >= 0.6 is 0 Å². The number of hydrogen-bond donors (Lipinski definition) is 0. The van der Waals surface area contributed by atoms with Crippen LogP contribution in [-0.4, -0.2) is 34.7 Å². The molecule has 2 aliphatic heterocycles. The first-order valence-corrected chi connectivity index (χ1v) is 9.00. The van der Waals surface area contributed by atoms with Crippen molar-refractivity contribution in [1.82, 2.24) is 9.80 Å². The molecular weight excluding hydrogens is 331 g/mol. The van der Waals surface area contributed by atoms with Gasteiger partial charge in [0, 0.05) is 19.6 Å². The summed E-state index contributed by atoms with van der Waals surface area (Å²) >= 11 is 0. The first-order chi connectivity index (χ1) is 12.6. The molecule has 134 valence electrons. The lowest BCUT2D eigenvalue weighted by Crippen LogP contribution is -2.45. The Hall–Kier alpha value is -2.69. The molecule has 0 radical (unpaired) electrons. The van der Waals surface area contributed by atoms with Crippen LogP contribution < -0.4 is 0 Å². The van der Waals surface area contributed by atoms with Crippen LogP contribution in [0.2, 0.25) is 0 Å². The van der Waals surface area contributed by atoms with Crippen molar-refractivity contribution in [2.75, 3.05) is 13.1 Å². The SMILES string of the molecule is O=C(CN1CCC[C@@H](c2ccccc2)C1=O)N1Cc2ccc(F)cc2C1. The number of carbonyl (C=O) groups excluding carboxylic acids is 2. The van der Waals surface area contributed by atoms with Crippen LogP contribution in [0.15, 0.2) is 48.5 Å². The zero-order valence-corrected chi connectivity index (χ0v) is 14.5. The third kappa shape index (κ3) is 3.21. The lowest BCUT2D eigenvalue weighted by atomic mass is 9.90. The van der Waals surface area contributed by atoms with E-state index in [2.05, 4.69) is 0 Å². The van der Waals surface area contributed by atoms with Gasteiger partial charge in [-0.15, -0.1) is 0 Å². The maximum absolute atomic E-state index is 13.4. The van der Waals surface area contributed by atoms with E-state index in [0.29, 0.717) is 19.6 Å². The number of rotatable bonds is 3. The van der Waals surface area contributed by atoms with Gasteiger partial charge >= 0.3 is 0 Å². The average molecular weight is 352 g/mol. The van der Waals surface area contributed by atoms with E-state index in [9.17, 15) is 14.0 Å². The van der Waals surface area contributed by atoms with Crippen LogP contribution in [0.5, 0.6) is 0 Å². The predicted molar refractivity (Wildman–Crippen MR) is 95.7 cm³/mol. The highest BCUT2D eigenvalue weighted by molar-refractivity contribution is 5.89. The van der Waals surface area contributed by atoms with Crippen LogP contribution in [0.4, 0.5) is 4.39 Å². The van der Waals surface area contributed by atoms with Gasteiger partial charge in [-0.1, -0.05) is 36.4 Å². The number of halogens is 1. The van der Waals surface area contributed by atoms with E-state index in [1.165, 1.54) is 12.1 Å². The van der Waals surface area contributed by atoms with Crippen molar-refractivity contribution in [3.05, 3.63) is 71.0 Å². The maximum Gasteiger partial charge on any atom is 0.242 e. The van der Waals surface area contributed by atoms with Crippen molar-refractivity contribution in [3.63, 3.8) is 0 Å². The molecule has 2 aromatic rings. The number of hydrogen-bond acceptors (Lipinski definition) is 2. The molecule has 0 unspecified atom stereocenters. The zero-order chi connectivity index (χ0) is 18.1. The van der Waals surface area contributed by atoms with Gasteiger partial charge in [-0.3, -0.25) is 9.59 Å². The number of fused-ring (bicyclic) bond motifs is 1. The van der Waals surface area contributed by atoms with E-state index in [1.807, 2.05) is 30.3 Å². The molecule has 0 bridgehead atoms. The normalized spacial score (nSPS) is 19.6. The summed E-state index contributed by atoms with van der Waals surface area (Å²) in [5.41, 5.74) is 2.84. The number of amides is 2. The van der Waals surface area contributed by atoms with E-state index in [-0.39, 0.29) is 30.1 Å². The second-order valence-electron chi connectivity index (χ2n) is 7.03. The largest absolute Gasteiger partial charge is 0.333 e. The van der Waals surface area contributed by atoms with Gasteiger partial charge in [0.1, 0.15) is 5.82 Å². The second-order valence-corrected chi connectivity index (χ2v) is 7.03. The van der Waals surface area contributed by atoms with Crippen LogP contribution in [-0.2, 0) is 22.7 Å². The van der Waals surface area contributed by atoms with Crippen LogP contribution in [0, 0.1) is 5.82 Å². The summed E-state index contributed by atoms with van der Waals surface area (Å²) in [5.74, 6) is -0.500. The molecule has 26 heavy (non-hydrogen) atoms. The van der Waals surface area contributed by atoms with Crippen molar-refractivity contribution in [2.45, 2.75) is 31.8 Å². The molecule has 1 atom stereocenters. The lowest BCUT2D eigenvalue weighted by molar-refractivity contribution is -0.143. The topological polar surface area (TPSA) is 40.6 Å². The van der Waals surface area contributed by atoms with E-state index >= 15 is 0 Å². The van der Waals surface area contributed by atoms with Gasteiger partial charge in [0.05, 0.1) is 12.5 Å². The minimum Gasteiger partial charge on any atom is -0.333 e. The fourth-order valence-electron chi connectivity index (χ4n) is 3.89. The van der Waals surface area contributed by atoms with E-state index < -0.39 is 0 Å². The molecule has 0 spiro atoms. The summed E-state index contributed by atoms with van der Waals surface area (Å²) in [7, 11) is 0. The molecule has 0 aliphatic carbocycles. The molecule has 0 aromatic heterocycles. The molecule has 1 fully saturated rings. The van der Waals surface area contributed by atoms with Crippen LogP contribution in [0.1, 0.15) is 35.4 Å². The maximum atomic E-state index is 13.4. The highest BCUT2D eigenvalue weighted by Gasteiger charge is 2.32. The number of nitrogens with zero attached hydrogens (tertiary/aromatic N) is 2. The number of benzene rings is 2. The highest BCUT2D eigenvalue weighted by atomic mass is 19.1. The van der Waals surface area contributed by atoms with Crippen molar-refractivity contribution in [2.24, 2.45) is 0 Å². The highest BCUT2D eigenvalue weighted by Crippen LogP contribution is 2.29. The van der Waals surface area contributed by atoms with E-state index in [0.717, 1.165) is 29.5 Å². The second kappa shape index (κ2) is 6.90. The quantitative estimate of drug-likeness (QED) is 0.852. The van der Waals surface area contributed by atoms with Gasteiger partial charge in [0.25, 0.3) is 0 Å². The number of piperidine rings is 1. The Morgan fingerprint density at radius 1 is 1.08 bits per heavy atom. The van der Waals surface area contributed by atoms with Crippen LogP contribution in [0.3, 0.4) is 0 Å². The molecule has 1 saturated heterocycles. The summed E-state index contributed by atoms with van der Waals surface area (Å²) in [5, 5.41) is 0. The Kier molecular flexibility index (Phi) is 4.45. The van der Waals surface area contributed by atoms with E-state index in [4.69, 9.17) is 0 Å². The first-order valence-electron chi connectivity index (χ1n) is 9.00.